The lowest BCUT2D eigenvalue weighted by Gasteiger charge is -2.19. The van der Waals surface area contributed by atoms with Gasteiger partial charge in [0.15, 0.2) is 0 Å². The number of aryl methyl sites for hydroxylation is 1. The molecule has 0 saturated carbocycles. The third-order valence-corrected chi connectivity index (χ3v) is 2.59. The third-order valence-electron chi connectivity index (χ3n) is 2.59. The van der Waals surface area contributed by atoms with Crippen molar-refractivity contribution in [3.05, 3.63) is 29.6 Å². The number of likely N-dealkylation sites (N-methyl/N-ethyl adjacent to an activating group) is 1. The fourth-order valence-electron chi connectivity index (χ4n) is 1.58. The number of aromatic nitrogens is 1. The number of rotatable bonds is 6. The second-order valence-electron chi connectivity index (χ2n) is 4.22. The summed E-state index contributed by atoms with van der Waals surface area (Å²) in [7, 11) is 4.07. The molecule has 0 aliphatic rings. The van der Waals surface area contributed by atoms with Gasteiger partial charge in [-0.15, -0.1) is 0 Å². The molecule has 0 amide bonds. The molecular formula is C12H21N3O. The van der Waals surface area contributed by atoms with E-state index >= 15 is 0 Å². The Morgan fingerprint density at radius 2 is 2.25 bits per heavy atom. The summed E-state index contributed by atoms with van der Waals surface area (Å²) in [5.41, 5.74) is 2.23. The van der Waals surface area contributed by atoms with Gasteiger partial charge in [0.1, 0.15) is 0 Å². The quantitative estimate of drug-likeness (QED) is 0.740. The van der Waals surface area contributed by atoms with Crippen molar-refractivity contribution in [3.63, 3.8) is 0 Å². The van der Waals surface area contributed by atoms with Crippen LogP contribution in [0, 0.1) is 6.92 Å². The molecule has 16 heavy (non-hydrogen) atoms. The molecule has 2 N–H and O–H groups in total. The lowest BCUT2D eigenvalue weighted by molar-refractivity contribution is 0.239. The highest BCUT2D eigenvalue weighted by Gasteiger charge is 2.11. The summed E-state index contributed by atoms with van der Waals surface area (Å²) in [5.74, 6) is 0. The van der Waals surface area contributed by atoms with Crippen LogP contribution in [0.25, 0.3) is 0 Å². The lowest BCUT2D eigenvalue weighted by Crippen LogP contribution is -2.31. The largest absolute Gasteiger partial charge is 0.394 e. The molecule has 0 saturated heterocycles. The van der Waals surface area contributed by atoms with E-state index in [1.54, 1.807) is 6.20 Å². The molecule has 4 nitrogen and oxygen atoms in total. The van der Waals surface area contributed by atoms with Crippen LogP contribution in [0.15, 0.2) is 18.5 Å². The zero-order chi connectivity index (χ0) is 12.0. The van der Waals surface area contributed by atoms with E-state index in [2.05, 4.69) is 15.2 Å². The first-order chi connectivity index (χ1) is 7.65. The smallest absolute Gasteiger partial charge is 0.0627 e. The van der Waals surface area contributed by atoms with Crippen LogP contribution in [0.4, 0.5) is 0 Å². The van der Waals surface area contributed by atoms with Gasteiger partial charge < -0.3 is 15.3 Å². The predicted molar refractivity (Wildman–Crippen MR) is 65.4 cm³/mol. The predicted octanol–water partition coefficient (Wildman–Crippen LogP) is 0.575. The second-order valence-corrected chi connectivity index (χ2v) is 4.22. The minimum absolute atomic E-state index is 0.0198. The van der Waals surface area contributed by atoms with E-state index < -0.39 is 0 Å². The Labute approximate surface area is 97.3 Å². The molecule has 0 aliphatic carbocycles. The molecule has 4 heteroatoms. The number of hydrogen-bond donors (Lipinski definition) is 2. The maximum Gasteiger partial charge on any atom is 0.0627 e. The van der Waals surface area contributed by atoms with Crippen molar-refractivity contribution in [1.82, 2.24) is 15.2 Å². The highest BCUT2D eigenvalue weighted by atomic mass is 16.3. The number of hydrogen-bond acceptors (Lipinski definition) is 4. The van der Waals surface area contributed by atoms with E-state index in [-0.39, 0.29) is 12.6 Å². The Morgan fingerprint density at radius 3 is 2.81 bits per heavy atom. The second kappa shape index (κ2) is 6.58. The topological polar surface area (TPSA) is 48.4 Å². The van der Waals surface area contributed by atoms with Crippen LogP contribution in [-0.4, -0.2) is 48.8 Å². The van der Waals surface area contributed by atoms with Gasteiger partial charge in [-0.1, -0.05) is 0 Å². The average Bonchev–Trinajstić information content (AvgIpc) is 2.25. The minimum atomic E-state index is -0.0198. The molecule has 0 aromatic carbocycles. The van der Waals surface area contributed by atoms with Crippen LogP contribution in [0.2, 0.25) is 0 Å². The van der Waals surface area contributed by atoms with Gasteiger partial charge in [0.2, 0.25) is 0 Å². The van der Waals surface area contributed by atoms with E-state index in [1.165, 1.54) is 0 Å². The van der Waals surface area contributed by atoms with Gasteiger partial charge in [-0.25, -0.2) is 0 Å². The summed E-state index contributed by atoms with van der Waals surface area (Å²) in [6.45, 7) is 3.94. The minimum Gasteiger partial charge on any atom is -0.394 e. The van der Waals surface area contributed by atoms with Gasteiger partial charge in [0.25, 0.3) is 0 Å². The molecule has 0 fully saturated rings. The van der Waals surface area contributed by atoms with Gasteiger partial charge >= 0.3 is 0 Å². The van der Waals surface area contributed by atoms with Crippen molar-refractivity contribution in [1.29, 1.82) is 0 Å². The fraction of sp³-hybridized carbons (Fsp3) is 0.583. The number of aliphatic hydroxyl groups excluding tert-OH is 1. The summed E-state index contributed by atoms with van der Waals surface area (Å²) in [6, 6.07) is 1.94. The van der Waals surface area contributed by atoms with Gasteiger partial charge in [-0.05, 0) is 38.2 Å². The number of pyridine rings is 1. The molecular weight excluding hydrogens is 202 g/mol. The fourth-order valence-corrected chi connectivity index (χ4v) is 1.58. The molecule has 1 aromatic heterocycles. The van der Waals surface area contributed by atoms with Gasteiger partial charge in [0.05, 0.1) is 12.6 Å². The van der Waals surface area contributed by atoms with Crippen molar-refractivity contribution < 1.29 is 5.11 Å². The molecule has 1 rings (SSSR count). The molecule has 0 aliphatic heterocycles. The maximum atomic E-state index is 9.37. The van der Waals surface area contributed by atoms with Crippen molar-refractivity contribution in [2.24, 2.45) is 0 Å². The van der Waals surface area contributed by atoms with Gasteiger partial charge in [-0.2, -0.15) is 0 Å². The highest BCUT2D eigenvalue weighted by Crippen LogP contribution is 2.15. The Hall–Kier alpha value is -0.970. The lowest BCUT2D eigenvalue weighted by atomic mass is 10.0. The Morgan fingerprint density at radius 1 is 1.50 bits per heavy atom. The zero-order valence-electron chi connectivity index (χ0n) is 10.3. The normalized spacial score (nSPS) is 13.1. The van der Waals surface area contributed by atoms with Crippen LogP contribution >= 0.6 is 0 Å². The van der Waals surface area contributed by atoms with Crippen molar-refractivity contribution in [2.45, 2.75) is 13.0 Å². The molecule has 0 spiro atoms. The summed E-state index contributed by atoms with van der Waals surface area (Å²) >= 11 is 0. The number of nitrogens with zero attached hydrogens (tertiary/aromatic N) is 2. The van der Waals surface area contributed by atoms with E-state index in [0.717, 1.165) is 24.2 Å². The Kier molecular flexibility index (Phi) is 5.38. The van der Waals surface area contributed by atoms with Gasteiger partial charge in [-0.3, -0.25) is 4.98 Å². The summed E-state index contributed by atoms with van der Waals surface area (Å²) in [4.78, 5) is 6.20. The van der Waals surface area contributed by atoms with Gasteiger partial charge in [0, 0.05) is 25.5 Å². The van der Waals surface area contributed by atoms with Crippen molar-refractivity contribution in [2.75, 3.05) is 33.8 Å². The molecule has 1 atom stereocenters. The van der Waals surface area contributed by atoms with Crippen LogP contribution in [0.5, 0.6) is 0 Å². The first kappa shape index (κ1) is 13.1. The zero-order valence-corrected chi connectivity index (χ0v) is 10.3. The SMILES string of the molecule is Cc1ccncc1C(CO)NCCN(C)C. The van der Waals surface area contributed by atoms with Crippen LogP contribution in [0.3, 0.4) is 0 Å². The first-order valence-corrected chi connectivity index (χ1v) is 5.54. The maximum absolute atomic E-state index is 9.37. The average molecular weight is 223 g/mol. The Balaban J connectivity index is 2.57. The molecule has 0 radical (unpaired) electrons. The Bertz CT molecular complexity index is 315. The highest BCUT2D eigenvalue weighted by molar-refractivity contribution is 5.25. The number of aliphatic hydroxyl groups is 1. The molecule has 90 valence electrons. The van der Waals surface area contributed by atoms with Crippen LogP contribution in [0.1, 0.15) is 17.2 Å². The summed E-state index contributed by atoms with van der Waals surface area (Å²) < 4.78 is 0. The number of nitrogens with one attached hydrogen (secondary N) is 1. The van der Waals surface area contributed by atoms with Crippen molar-refractivity contribution in [3.8, 4) is 0 Å². The van der Waals surface area contributed by atoms with E-state index in [4.69, 9.17) is 0 Å². The molecule has 1 heterocycles. The van der Waals surface area contributed by atoms with E-state index in [9.17, 15) is 5.11 Å². The third kappa shape index (κ3) is 3.89. The molecule has 1 aromatic rings. The monoisotopic (exact) mass is 223 g/mol. The van der Waals surface area contributed by atoms with Crippen LogP contribution in [-0.2, 0) is 0 Å². The first-order valence-electron chi connectivity index (χ1n) is 5.54. The van der Waals surface area contributed by atoms with E-state index in [1.807, 2.05) is 33.3 Å². The molecule has 0 bridgehead atoms. The molecule has 1 unspecified atom stereocenters. The summed E-state index contributed by atoms with van der Waals surface area (Å²) in [5, 5.41) is 12.7. The standard InChI is InChI=1S/C12H21N3O/c1-10-4-5-13-8-11(10)12(9-16)14-6-7-15(2)3/h4-5,8,12,14,16H,6-7,9H2,1-3H3. The van der Waals surface area contributed by atoms with Crippen LogP contribution < -0.4 is 5.32 Å². The summed E-state index contributed by atoms with van der Waals surface area (Å²) in [6.07, 6.45) is 3.59. The van der Waals surface area contributed by atoms with Crippen molar-refractivity contribution >= 4 is 0 Å². The van der Waals surface area contributed by atoms with E-state index in [0.29, 0.717) is 0 Å².